The van der Waals surface area contributed by atoms with Gasteiger partial charge in [-0.05, 0) is 30.0 Å². The molecule has 4 heteroatoms. The maximum atomic E-state index is 4.41. The van der Waals surface area contributed by atoms with Crippen LogP contribution in [0.25, 0.3) is 11.0 Å². The van der Waals surface area contributed by atoms with Gasteiger partial charge in [-0.2, -0.15) is 5.10 Å². The van der Waals surface area contributed by atoms with Crippen molar-refractivity contribution in [2.24, 2.45) is 5.10 Å². The number of para-hydroxylation sites is 2. The Bertz CT molecular complexity index is 698. The Hall–Kier alpha value is -2.62. The highest BCUT2D eigenvalue weighted by Crippen LogP contribution is 2.17. The predicted octanol–water partition coefficient (Wildman–Crippen LogP) is 4.15. The van der Waals surface area contributed by atoms with Crippen LogP contribution in [0, 0.1) is 0 Å². The topological polar surface area (TPSA) is 53.1 Å². The molecule has 0 radical (unpaired) electrons. The van der Waals surface area contributed by atoms with Gasteiger partial charge in [0.1, 0.15) is 0 Å². The normalized spacial score (nSPS) is 12.8. The largest absolute Gasteiger partial charge is 0.323 e. The van der Waals surface area contributed by atoms with Gasteiger partial charge in [-0.15, -0.1) is 0 Å². The molecule has 4 nitrogen and oxygen atoms in total. The molecule has 0 fully saturated rings. The summed E-state index contributed by atoms with van der Waals surface area (Å²) in [6.07, 6.45) is 2.78. The number of fused-ring (bicyclic) bond motifs is 1. The fourth-order valence-electron chi connectivity index (χ4n) is 2.24. The van der Waals surface area contributed by atoms with Gasteiger partial charge in [0, 0.05) is 6.21 Å². The van der Waals surface area contributed by atoms with E-state index in [9.17, 15) is 0 Å². The minimum Gasteiger partial charge on any atom is -0.323 e. The first kappa shape index (κ1) is 13.4. The number of rotatable bonds is 5. The minimum atomic E-state index is 0.451. The monoisotopic (exact) mass is 278 g/mol. The second-order valence-corrected chi connectivity index (χ2v) is 5.07. The lowest BCUT2D eigenvalue weighted by Gasteiger charge is -2.07. The van der Waals surface area contributed by atoms with E-state index in [1.807, 2.05) is 36.5 Å². The molecule has 0 spiro atoms. The minimum absolute atomic E-state index is 0.451. The van der Waals surface area contributed by atoms with Crippen LogP contribution in [-0.2, 0) is 0 Å². The van der Waals surface area contributed by atoms with Crippen LogP contribution in [0.1, 0.15) is 24.8 Å². The summed E-state index contributed by atoms with van der Waals surface area (Å²) < 4.78 is 0. The highest BCUT2D eigenvalue weighted by atomic mass is 15.3. The fourth-order valence-corrected chi connectivity index (χ4v) is 2.24. The van der Waals surface area contributed by atoms with Gasteiger partial charge in [-0.3, -0.25) is 0 Å². The first-order valence-electron chi connectivity index (χ1n) is 7.10. The van der Waals surface area contributed by atoms with Crippen LogP contribution in [0.2, 0.25) is 0 Å². The number of benzene rings is 2. The molecule has 0 saturated heterocycles. The summed E-state index contributed by atoms with van der Waals surface area (Å²) in [6.45, 7) is 2.20. The summed E-state index contributed by atoms with van der Waals surface area (Å²) in [6, 6.07) is 18.4. The lowest BCUT2D eigenvalue weighted by Crippen LogP contribution is -1.96. The lowest BCUT2D eigenvalue weighted by atomic mass is 9.99. The molecule has 0 amide bonds. The molecule has 1 atom stereocenters. The molecule has 1 aromatic heterocycles. The Morgan fingerprint density at radius 3 is 2.71 bits per heavy atom. The molecular weight excluding hydrogens is 260 g/mol. The van der Waals surface area contributed by atoms with Gasteiger partial charge in [-0.25, -0.2) is 10.4 Å². The summed E-state index contributed by atoms with van der Waals surface area (Å²) in [5.74, 6) is 1.12. The highest BCUT2D eigenvalue weighted by Gasteiger charge is 2.02. The van der Waals surface area contributed by atoms with Crippen molar-refractivity contribution in [1.82, 2.24) is 9.97 Å². The van der Waals surface area contributed by atoms with Crippen molar-refractivity contribution in [2.45, 2.75) is 19.3 Å². The molecule has 21 heavy (non-hydrogen) atoms. The number of hydrogen-bond donors (Lipinski definition) is 2. The first-order valence-corrected chi connectivity index (χ1v) is 7.10. The van der Waals surface area contributed by atoms with Crippen molar-refractivity contribution in [2.75, 3.05) is 5.43 Å². The van der Waals surface area contributed by atoms with Gasteiger partial charge in [0.05, 0.1) is 11.0 Å². The average molecular weight is 278 g/mol. The summed E-state index contributed by atoms with van der Waals surface area (Å²) in [4.78, 5) is 7.59. The van der Waals surface area contributed by atoms with Crippen LogP contribution < -0.4 is 5.43 Å². The van der Waals surface area contributed by atoms with Crippen LogP contribution in [-0.4, -0.2) is 16.2 Å². The summed E-state index contributed by atoms with van der Waals surface area (Å²) in [7, 11) is 0. The molecule has 3 aromatic rings. The van der Waals surface area contributed by atoms with Gasteiger partial charge in [-0.1, -0.05) is 49.4 Å². The maximum Gasteiger partial charge on any atom is 0.222 e. The fraction of sp³-hybridized carbons (Fsp3) is 0.176. The Kier molecular flexibility index (Phi) is 3.96. The van der Waals surface area contributed by atoms with Gasteiger partial charge in [0.15, 0.2) is 0 Å². The molecule has 2 N–H and O–H groups in total. The Labute approximate surface area is 123 Å². The standard InChI is InChI=1S/C17H18N4/c1-13(14-7-3-2-4-8-14)11-12-18-21-17-19-15-9-5-6-10-16(15)20-17/h2-10,12-13H,11H2,1H3,(H2,19,20,21). The van der Waals surface area contributed by atoms with E-state index in [2.05, 4.69) is 51.7 Å². The highest BCUT2D eigenvalue weighted by molar-refractivity contribution is 5.77. The van der Waals surface area contributed by atoms with Crippen molar-refractivity contribution in [3.63, 3.8) is 0 Å². The molecule has 0 aliphatic heterocycles. The van der Waals surface area contributed by atoms with Gasteiger partial charge in [0.25, 0.3) is 0 Å². The third-order valence-electron chi connectivity index (χ3n) is 3.48. The van der Waals surface area contributed by atoms with Gasteiger partial charge in [0.2, 0.25) is 5.95 Å². The summed E-state index contributed by atoms with van der Waals surface area (Å²) in [5, 5.41) is 4.23. The number of H-pyrrole nitrogens is 1. The second kappa shape index (κ2) is 6.22. The van der Waals surface area contributed by atoms with Crippen LogP contribution in [0.4, 0.5) is 5.95 Å². The van der Waals surface area contributed by atoms with Gasteiger partial charge >= 0.3 is 0 Å². The third-order valence-corrected chi connectivity index (χ3v) is 3.48. The van der Waals surface area contributed by atoms with E-state index in [4.69, 9.17) is 0 Å². The van der Waals surface area contributed by atoms with Crippen LogP contribution in [0.3, 0.4) is 0 Å². The smallest absolute Gasteiger partial charge is 0.222 e. The van der Waals surface area contributed by atoms with E-state index < -0.39 is 0 Å². The molecular formula is C17H18N4. The zero-order valence-corrected chi connectivity index (χ0v) is 12.0. The molecule has 0 saturated carbocycles. The van der Waals surface area contributed by atoms with Crippen molar-refractivity contribution in [3.8, 4) is 0 Å². The number of hydrazone groups is 1. The Morgan fingerprint density at radius 2 is 1.90 bits per heavy atom. The number of nitrogens with one attached hydrogen (secondary N) is 2. The zero-order chi connectivity index (χ0) is 14.5. The van der Waals surface area contributed by atoms with Crippen molar-refractivity contribution >= 4 is 23.2 Å². The van der Waals surface area contributed by atoms with E-state index in [0.29, 0.717) is 11.9 Å². The van der Waals surface area contributed by atoms with Crippen LogP contribution in [0.5, 0.6) is 0 Å². The van der Waals surface area contributed by atoms with Crippen molar-refractivity contribution in [1.29, 1.82) is 0 Å². The number of anilines is 1. The van der Waals surface area contributed by atoms with Gasteiger partial charge < -0.3 is 4.98 Å². The predicted molar refractivity (Wildman–Crippen MR) is 87.7 cm³/mol. The number of aromatic amines is 1. The molecule has 0 bridgehead atoms. The second-order valence-electron chi connectivity index (χ2n) is 5.07. The van der Waals surface area contributed by atoms with E-state index in [1.54, 1.807) is 0 Å². The maximum absolute atomic E-state index is 4.41. The van der Waals surface area contributed by atoms with E-state index in [0.717, 1.165) is 17.5 Å². The number of aromatic nitrogens is 2. The van der Waals surface area contributed by atoms with Crippen LogP contribution >= 0.6 is 0 Å². The molecule has 2 aromatic carbocycles. The average Bonchev–Trinajstić information content (AvgIpc) is 2.95. The quantitative estimate of drug-likeness (QED) is 0.544. The SMILES string of the molecule is CC(CC=NNc1nc2ccccc2[nH]1)c1ccccc1. The third kappa shape index (κ3) is 3.28. The van der Waals surface area contributed by atoms with E-state index >= 15 is 0 Å². The lowest BCUT2D eigenvalue weighted by molar-refractivity contribution is 0.812. The molecule has 0 aliphatic carbocycles. The molecule has 3 rings (SSSR count). The summed E-state index contributed by atoms with van der Waals surface area (Å²) in [5.41, 5.74) is 6.22. The molecule has 106 valence electrons. The molecule has 0 aliphatic rings. The Balaban J connectivity index is 1.57. The first-order chi connectivity index (χ1) is 10.3. The molecule has 1 heterocycles. The van der Waals surface area contributed by atoms with Crippen molar-refractivity contribution in [3.05, 3.63) is 60.2 Å². The zero-order valence-electron chi connectivity index (χ0n) is 12.0. The summed E-state index contributed by atoms with van der Waals surface area (Å²) >= 11 is 0. The van der Waals surface area contributed by atoms with Crippen LogP contribution in [0.15, 0.2) is 59.7 Å². The number of imidazole rings is 1. The number of nitrogens with zero attached hydrogens (tertiary/aromatic N) is 2. The Morgan fingerprint density at radius 1 is 1.14 bits per heavy atom. The van der Waals surface area contributed by atoms with Crippen molar-refractivity contribution < 1.29 is 0 Å². The molecule has 1 unspecified atom stereocenters. The van der Waals surface area contributed by atoms with E-state index in [1.165, 1.54) is 5.56 Å². The van der Waals surface area contributed by atoms with E-state index in [-0.39, 0.29) is 0 Å². The number of hydrogen-bond acceptors (Lipinski definition) is 3.